The normalized spacial score (nSPS) is 14.7. The van der Waals surface area contributed by atoms with E-state index in [1.807, 2.05) is 20.8 Å². The Kier molecular flexibility index (Phi) is 5.76. The maximum absolute atomic E-state index is 12.8. The van der Waals surface area contributed by atoms with Crippen LogP contribution in [0.25, 0.3) is 0 Å². The van der Waals surface area contributed by atoms with E-state index in [1.165, 1.54) is 25.4 Å². The lowest BCUT2D eigenvalue weighted by molar-refractivity contribution is -0.141. The Morgan fingerprint density at radius 1 is 1.50 bits per heavy atom. The zero-order chi connectivity index (χ0) is 15.3. The molecule has 0 aliphatic heterocycles. The summed E-state index contributed by atoms with van der Waals surface area (Å²) >= 11 is 0. The first-order valence-electron chi connectivity index (χ1n) is 6.10. The molecule has 0 aliphatic rings. The maximum Gasteiger partial charge on any atom is 0.307 e. The van der Waals surface area contributed by atoms with Crippen LogP contribution in [-0.4, -0.2) is 27.0 Å². The van der Waals surface area contributed by atoms with Crippen LogP contribution in [0.2, 0.25) is 0 Å². The van der Waals surface area contributed by atoms with Gasteiger partial charge in [0.25, 0.3) is 0 Å². The van der Waals surface area contributed by atoms with Gasteiger partial charge >= 0.3 is 5.97 Å². The Labute approximate surface area is 120 Å². The first-order chi connectivity index (χ1) is 9.24. The molecule has 1 aromatic rings. The Morgan fingerprint density at radius 3 is 2.60 bits per heavy atom. The van der Waals surface area contributed by atoms with Gasteiger partial charge in [0.2, 0.25) is 5.95 Å². The second-order valence-corrected chi connectivity index (χ2v) is 7.24. The van der Waals surface area contributed by atoms with Crippen LogP contribution in [0.5, 0.6) is 0 Å². The fourth-order valence-corrected chi connectivity index (χ4v) is 2.21. The first kappa shape index (κ1) is 16.7. The second-order valence-electron chi connectivity index (χ2n) is 5.25. The highest BCUT2D eigenvalue weighted by Gasteiger charge is 2.25. The molecule has 112 valence electrons. The lowest BCUT2D eigenvalue weighted by atomic mass is 10.1. The van der Waals surface area contributed by atoms with E-state index >= 15 is 0 Å². The summed E-state index contributed by atoms with van der Waals surface area (Å²) in [5, 5.41) is 0. The number of pyridine rings is 1. The van der Waals surface area contributed by atoms with E-state index in [0.717, 1.165) is 0 Å². The van der Waals surface area contributed by atoms with E-state index < -0.39 is 33.7 Å². The van der Waals surface area contributed by atoms with Crippen LogP contribution in [-0.2, 0) is 20.5 Å². The summed E-state index contributed by atoms with van der Waals surface area (Å²) in [7, 11) is -0.0902. The van der Waals surface area contributed by atoms with Gasteiger partial charge in [0.1, 0.15) is 0 Å². The van der Waals surface area contributed by atoms with Crippen molar-refractivity contribution in [3.63, 3.8) is 0 Å². The standard InChI is InChI=1S/C13H19FN2O3S/c1-13(2,3)20(18)16-10(7-12(17)19-4)9-5-6-11(14)15-8-9/h5-6,8,10,16H,7H2,1-4H3. The van der Waals surface area contributed by atoms with Gasteiger partial charge in [-0.25, -0.2) is 13.9 Å². The summed E-state index contributed by atoms with van der Waals surface area (Å²) in [6.07, 6.45) is 1.31. The molecule has 2 atom stereocenters. The van der Waals surface area contributed by atoms with Crippen LogP contribution in [0.4, 0.5) is 4.39 Å². The number of nitrogens with zero attached hydrogens (tertiary/aromatic N) is 1. The smallest absolute Gasteiger partial charge is 0.307 e. The van der Waals surface area contributed by atoms with Crippen molar-refractivity contribution in [2.45, 2.75) is 38.0 Å². The van der Waals surface area contributed by atoms with Gasteiger partial charge in [0.05, 0.1) is 35.3 Å². The number of halogens is 1. The summed E-state index contributed by atoms with van der Waals surface area (Å²) in [5.41, 5.74) is 0.578. The van der Waals surface area contributed by atoms with Crippen molar-refractivity contribution < 1.29 is 18.1 Å². The number of methoxy groups -OCH3 is 1. The summed E-state index contributed by atoms with van der Waals surface area (Å²) < 4.78 is 32.0. The highest BCUT2D eigenvalue weighted by molar-refractivity contribution is 7.84. The Balaban J connectivity index is 2.93. The zero-order valence-electron chi connectivity index (χ0n) is 12.0. The van der Waals surface area contributed by atoms with Crippen molar-refractivity contribution in [2.75, 3.05) is 7.11 Å². The molecule has 1 N–H and O–H groups in total. The molecule has 1 rings (SSSR count). The van der Waals surface area contributed by atoms with Crippen molar-refractivity contribution in [2.24, 2.45) is 0 Å². The van der Waals surface area contributed by atoms with Gasteiger partial charge in [-0.2, -0.15) is 4.39 Å². The SMILES string of the molecule is COC(=O)CC(NS(=O)C(C)(C)C)c1ccc(F)nc1. The van der Waals surface area contributed by atoms with Gasteiger partial charge in [-0.15, -0.1) is 0 Å². The quantitative estimate of drug-likeness (QED) is 0.666. The molecule has 0 aromatic carbocycles. The Morgan fingerprint density at radius 2 is 2.15 bits per heavy atom. The fraction of sp³-hybridized carbons (Fsp3) is 0.538. The predicted molar refractivity (Wildman–Crippen MR) is 74.6 cm³/mol. The number of carbonyl (C=O) groups excluding carboxylic acids is 1. The topological polar surface area (TPSA) is 68.3 Å². The van der Waals surface area contributed by atoms with Gasteiger partial charge in [-0.05, 0) is 32.4 Å². The number of hydrogen-bond acceptors (Lipinski definition) is 4. The third kappa shape index (κ3) is 4.97. The minimum absolute atomic E-state index is 0.00830. The Bertz CT molecular complexity index is 485. The number of carbonyl (C=O) groups is 1. The maximum atomic E-state index is 12.8. The molecule has 1 aromatic heterocycles. The largest absolute Gasteiger partial charge is 0.469 e. The van der Waals surface area contributed by atoms with E-state index in [2.05, 4.69) is 14.4 Å². The van der Waals surface area contributed by atoms with E-state index in [-0.39, 0.29) is 6.42 Å². The van der Waals surface area contributed by atoms with Gasteiger partial charge < -0.3 is 4.74 Å². The number of aromatic nitrogens is 1. The molecule has 0 radical (unpaired) electrons. The molecule has 0 amide bonds. The monoisotopic (exact) mass is 302 g/mol. The summed E-state index contributed by atoms with van der Waals surface area (Å²) in [4.78, 5) is 15.0. The van der Waals surface area contributed by atoms with Gasteiger partial charge in [-0.1, -0.05) is 6.07 Å². The molecule has 0 spiro atoms. The second kappa shape index (κ2) is 6.90. The molecule has 0 fully saturated rings. The molecular weight excluding hydrogens is 283 g/mol. The lowest BCUT2D eigenvalue weighted by Gasteiger charge is -2.23. The average molecular weight is 302 g/mol. The first-order valence-corrected chi connectivity index (χ1v) is 7.25. The van der Waals surface area contributed by atoms with Crippen LogP contribution < -0.4 is 4.72 Å². The van der Waals surface area contributed by atoms with Crippen LogP contribution in [0.1, 0.15) is 38.8 Å². The molecule has 0 aliphatic carbocycles. The van der Waals surface area contributed by atoms with E-state index in [9.17, 15) is 13.4 Å². The van der Waals surface area contributed by atoms with Crippen molar-refractivity contribution in [1.29, 1.82) is 0 Å². The number of esters is 1. The van der Waals surface area contributed by atoms with Crippen molar-refractivity contribution in [1.82, 2.24) is 9.71 Å². The molecule has 5 nitrogen and oxygen atoms in total. The summed E-state index contributed by atoms with van der Waals surface area (Å²) in [5.74, 6) is -1.06. The Hall–Kier alpha value is -1.34. The number of hydrogen-bond donors (Lipinski definition) is 1. The van der Waals surface area contributed by atoms with Crippen LogP contribution >= 0.6 is 0 Å². The molecule has 7 heteroatoms. The highest BCUT2D eigenvalue weighted by atomic mass is 32.2. The molecular formula is C13H19FN2O3S. The number of nitrogens with one attached hydrogen (secondary N) is 1. The highest BCUT2D eigenvalue weighted by Crippen LogP contribution is 2.20. The van der Waals surface area contributed by atoms with E-state index in [4.69, 9.17) is 0 Å². The predicted octanol–water partition coefficient (Wildman–Crippen LogP) is 1.88. The number of ether oxygens (including phenoxy) is 1. The summed E-state index contributed by atoms with van der Waals surface area (Å²) in [6, 6.07) is 2.15. The fourth-order valence-electron chi connectivity index (χ4n) is 1.38. The third-order valence-corrected chi connectivity index (χ3v) is 4.17. The van der Waals surface area contributed by atoms with Gasteiger partial charge in [0.15, 0.2) is 0 Å². The van der Waals surface area contributed by atoms with E-state index in [0.29, 0.717) is 5.56 Å². The molecule has 2 unspecified atom stereocenters. The zero-order valence-corrected chi connectivity index (χ0v) is 12.8. The molecule has 0 saturated carbocycles. The van der Waals surface area contributed by atoms with Crippen molar-refractivity contribution in [3.8, 4) is 0 Å². The van der Waals surface area contributed by atoms with Gasteiger partial charge in [0, 0.05) is 6.20 Å². The molecule has 0 saturated heterocycles. The van der Waals surface area contributed by atoms with Crippen molar-refractivity contribution >= 4 is 17.0 Å². The molecule has 1 heterocycles. The summed E-state index contributed by atoms with van der Waals surface area (Å²) in [6.45, 7) is 5.44. The van der Waals surface area contributed by atoms with Crippen LogP contribution in [0.15, 0.2) is 18.3 Å². The number of rotatable bonds is 5. The minimum Gasteiger partial charge on any atom is -0.469 e. The van der Waals surface area contributed by atoms with Crippen LogP contribution in [0.3, 0.4) is 0 Å². The molecule has 0 bridgehead atoms. The van der Waals surface area contributed by atoms with E-state index in [1.54, 1.807) is 0 Å². The van der Waals surface area contributed by atoms with Gasteiger partial charge in [-0.3, -0.25) is 4.79 Å². The lowest BCUT2D eigenvalue weighted by Crippen LogP contribution is -2.36. The third-order valence-electron chi connectivity index (χ3n) is 2.56. The average Bonchev–Trinajstić information content (AvgIpc) is 2.37. The molecule has 20 heavy (non-hydrogen) atoms. The van der Waals surface area contributed by atoms with Crippen LogP contribution in [0, 0.1) is 5.95 Å². The van der Waals surface area contributed by atoms with Crippen molar-refractivity contribution in [3.05, 3.63) is 29.8 Å². The minimum atomic E-state index is -1.37.